The first-order valence-electron chi connectivity index (χ1n) is 5.62. The highest BCUT2D eigenvalue weighted by Crippen LogP contribution is 2.29. The standard InChI is InChI=1S/C13H16N2/c1-9-6-13(9)15-8-10-2-3-12-11(7-10)4-5-14-12/h2-5,7,9,13-15H,6,8H2,1H3. The molecule has 2 aromatic rings. The van der Waals surface area contributed by atoms with Crippen LogP contribution in [0.1, 0.15) is 18.9 Å². The van der Waals surface area contributed by atoms with Gasteiger partial charge in [-0.3, -0.25) is 0 Å². The molecule has 1 aromatic heterocycles. The van der Waals surface area contributed by atoms with Crippen LogP contribution in [0.3, 0.4) is 0 Å². The molecule has 2 heteroatoms. The summed E-state index contributed by atoms with van der Waals surface area (Å²) in [6.45, 7) is 3.29. The molecule has 0 spiro atoms. The van der Waals surface area contributed by atoms with Gasteiger partial charge in [-0.25, -0.2) is 0 Å². The molecule has 0 amide bonds. The Morgan fingerprint density at radius 3 is 3.07 bits per heavy atom. The van der Waals surface area contributed by atoms with Crippen molar-refractivity contribution in [3.8, 4) is 0 Å². The molecule has 1 fully saturated rings. The number of aromatic amines is 1. The topological polar surface area (TPSA) is 27.8 Å². The van der Waals surface area contributed by atoms with Gasteiger partial charge in [0.05, 0.1) is 0 Å². The molecule has 0 saturated heterocycles. The van der Waals surface area contributed by atoms with Crippen LogP contribution in [0.2, 0.25) is 0 Å². The highest BCUT2D eigenvalue weighted by molar-refractivity contribution is 5.79. The Balaban J connectivity index is 1.73. The van der Waals surface area contributed by atoms with Gasteiger partial charge < -0.3 is 10.3 Å². The second-order valence-corrected chi connectivity index (χ2v) is 4.60. The summed E-state index contributed by atoms with van der Waals surface area (Å²) < 4.78 is 0. The third-order valence-corrected chi connectivity index (χ3v) is 3.30. The molecule has 1 aliphatic rings. The van der Waals surface area contributed by atoms with Crippen molar-refractivity contribution in [3.05, 3.63) is 36.0 Å². The van der Waals surface area contributed by atoms with E-state index in [-0.39, 0.29) is 0 Å². The van der Waals surface area contributed by atoms with Crippen molar-refractivity contribution in [1.82, 2.24) is 10.3 Å². The van der Waals surface area contributed by atoms with Crippen molar-refractivity contribution in [2.75, 3.05) is 0 Å². The van der Waals surface area contributed by atoms with Gasteiger partial charge in [0.2, 0.25) is 0 Å². The first-order chi connectivity index (χ1) is 7.33. The van der Waals surface area contributed by atoms with Crippen LogP contribution >= 0.6 is 0 Å². The smallest absolute Gasteiger partial charge is 0.0454 e. The van der Waals surface area contributed by atoms with Crippen LogP contribution in [-0.2, 0) is 6.54 Å². The lowest BCUT2D eigenvalue weighted by atomic mass is 10.1. The fourth-order valence-electron chi connectivity index (χ4n) is 2.07. The van der Waals surface area contributed by atoms with E-state index in [0.29, 0.717) is 0 Å². The zero-order valence-electron chi connectivity index (χ0n) is 8.96. The van der Waals surface area contributed by atoms with Crippen molar-refractivity contribution in [2.45, 2.75) is 25.9 Å². The molecule has 1 saturated carbocycles. The predicted octanol–water partition coefficient (Wildman–Crippen LogP) is 2.67. The van der Waals surface area contributed by atoms with E-state index in [0.717, 1.165) is 18.5 Å². The number of benzene rings is 1. The third kappa shape index (κ3) is 1.77. The number of H-pyrrole nitrogens is 1. The summed E-state index contributed by atoms with van der Waals surface area (Å²) >= 11 is 0. The summed E-state index contributed by atoms with van der Waals surface area (Å²) in [4.78, 5) is 3.21. The van der Waals surface area contributed by atoms with Crippen molar-refractivity contribution in [2.24, 2.45) is 5.92 Å². The average Bonchev–Trinajstić information content (AvgIpc) is 2.78. The van der Waals surface area contributed by atoms with Gasteiger partial charge in [-0.15, -0.1) is 0 Å². The van der Waals surface area contributed by atoms with Crippen molar-refractivity contribution in [1.29, 1.82) is 0 Å². The Morgan fingerprint density at radius 1 is 1.40 bits per heavy atom. The first-order valence-corrected chi connectivity index (χ1v) is 5.62. The zero-order chi connectivity index (χ0) is 10.3. The van der Waals surface area contributed by atoms with Crippen LogP contribution in [-0.4, -0.2) is 11.0 Å². The number of rotatable bonds is 3. The number of nitrogens with one attached hydrogen (secondary N) is 2. The molecule has 2 N–H and O–H groups in total. The Labute approximate surface area is 89.7 Å². The van der Waals surface area contributed by atoms with Crippen molar-refractivity contribution >= 4 is 10.9 Å². The minimum atomic E-state index is 0.756. The molecular weight excluding hydrogens is 184 g/mol. The molecule has 1 aliphatic carbocycles. The lowest BCUT2D eigenvalue weighted by Gasteiger charge is -2.03. The van der Waals surface area contributed by atoms with Crippen LogP contribution in [0.15, 0.2) is 30.5 Å². The molecule has 0 aliphatic heterocycles. The van der Waals surface area contributed by atoms with Gasteiger partial charge in [-0.05, 0) is 41.5 Å². The second-order valence-electron chi connectivity index (χ2n) is 4.60. The summed E-state index contributed by atoms with van der Waals surface area (Å²) in [5.41, 5.74) is 2.60. The summed E-state index contributed by atoms with van der Waals surface area (Å²) in [6.07, 6.45) is 3.33. The van der Waals surface area contributed by atoms with E-state index < -0.39 is 0 Å². The fourth-order valence-corrected chi connectivity index (χ4v) is 2.07. The molecule has 0 radical (unpaired) electrons. The lowest BCUT2D eigenvalue weighted by Crippen LogP contribution is -2.16. The Hall–Kier alpha value is -1.28. The molecule has 0 bridgehead atoms. The van der Waals surface area contributed by atoms with E-state index in [4.69, 9.17) is 0 Å². The number of hydrogen-bond donors (Lipinski definition) is 2. The molecule has 1 aromatic carbocycles. The quantitative estimate of drug-likeness (QED) is 0.783. The summed E-state index contributed by atoms with van der Waals surface area (Å²) in [6, 6.07) is 9.48. The normalized spacial score (nSPS) is 24.6. The number of fused-ring (bicyclic) bond motifs is 1. The van der Waals surface area contributed by atoms with E-state index in [1.54, 1.807) is 0 Å². The van der Waals surface area contributed by atoms with Crippen LogP contribution in [0.4, 0.5) is 0 Å². The van der Waals surface area contributed by atoms with Gasteiger partial charge in [0.25, 0.3) is 0 Å². The van der Waals surface area contributed by atoms with Gasteiger partial charge in [-0.1, -0.05) is 13.0 Å². The first kappa shape index (κ1) is 8.98. The van der Waals surface area contributed by atoms with Gasteiger partial charge >= 0.3 is 0 Å². The fraction of sp³-hybridized carbons (Fsp3) is 0.385. The molecule has 3 rings (SSSR count). The predicted molar refractivity (Wildman–Crippen MR) is 62.7 cm³/mol. The lowest BCUT2D eigenvalue weighted by molar-refractivity contribution is 0.653. The monoisotopic (exact) mass is 200 g/mol. The summed E-state index contributed by atoms with van der Waals surface area (Å²) in [5, 5.41) is 4.87. The van der Waals surface area contributed by atoms with E-state index in [1.165, 1.54) is 22.9 Å². The average molecular weight is 200 g/mol. The Morgan fingerprint density at radius 2 is 2.27 bits per heavy atom. The summed E-state index contributed by atoms with van der Waals surface area (Å²) in [7, 11) is 0. The highest BCUT2D eigenvalue weighted by atomic mass is 15.0. The molecule has 78 valence electrons. The van der Waals surface area contributed by atoms with E-state index >= 15 is 0 Å². The van der Waals surface area contributed by atoms with Crippen molar-refractivity contribution < 1.29 is 0 Å². The molecular formula is C13H16N2. The van der Waals surface area contributed by atoms with Crippen LogP contribution < -0.4 is 5.32 Å². The Kier molecular flexibility index (Phi) is 2.03. The van der Waals surface area contributed by atoms with Crippen LogP contribution in [0, 0.1) is 5.92 Å². The van der Waals surface area contributed by atoms with Crippen molar-refractivity contribution in [3.63, 3.8) is 0 Å². The van der Waals surface area contributed by atoms with Gasteiger partial charge in [-0.2, -0.15) is 0 Å². The number of aromatic nitrogens is 1. The molecule has 2 unspecified atom stereocenters. The summed E-state index contributed by atoms with van der Waals surface area (Å²) in [5.74, 6) is 0.876. The maximum absolute atomic E-state index is 3.57. The zero-order valence-corrected chi connectivity index (χ0v) is 8.96. The SMILES string of the molecule is CC1CC1NCc1ccc2[nH]ccc2c1. The van der Waals surface area contributed by atoms with Gasteiger partial charge in [0.15, 0.2) is 0 Å². The minimum absolute atomic E-state index is 0.756. The van der Waals surface area contributed by atoms with Gasteiger partial charge in [0, 0.05) is 24.3 Å². The van der Waals surface area contributed by atoms with E-state index in [9.17, 15) is 0 Å². The third-order valence-electron chi connectivity index (χ3n) is 3.30. The maximum atomic E-state index is 3.57. The Bertz CT molecular complexity index is 472. The van der Waals surface area contributed by atoms with Crippen LogP contribution in [0.5, 0.6) is 0 Å². The van der Waals surface area contributed by atoms with Gasteiger partial charge in [0.1, 0.15) is 0 Å². The highest BCUT2D eigenvalue weighted by Gasteiger charge is 2.31. The maximum Gasteiger partial charge on any atom is 0.0454 e. The van der Waals surface area contributed by atoms with Crippen LogP contribution in [0.25, 0.3) is 10.9 Å². The second kappa shape index (κ2) is 3.38. The molecule has 2 nitrogen and oxygen atoms in total. The molecule has 2 atom stereocenters. The number of hydrogen-bond acceptors (Lipinski definition) is 1. The largest absolute Gasteiger partial charge is 0.361 e. The molecule has 15 heavy (non-hydrogen) atoms. The van der Waals surface area contributed by atoms with E-state index in [1.807, 2.05) is 6.20 Å². The molecule has 1 heterocycles. The minimum Gasteiger partial charge on any atom is -0.361 e. The van der Waals surface area contributed by atoms with E-state index in [2.05, 4.69) is 41.5 Å².